The number of aromatic amines is 1. The minimum absolute atomic E-state index is 0.0359. The van der Waals surface area contributed by atoms with Crippen LogP contribution in [0.2, 0.25) is 0 Å². The number of H-pyrrole nitrogens is 1. The summed E-state index contributed by atoms with van der Waals surface area (Å²) in [6.07, 6.45) is 0. The number of fused-ring (bicyclic) bond motifs is 1. The highest BCUT2D eigenvalue weighted by Gasteiger charge is 2.21. The summed E-state index contributed by atoms with van der Waals surface area (Å²) in [7, 11) is 4.23. The third-order valence-corrected chi connectivity index (χ3v) is 4.04. The topological polar surface area (TPSA) is 134 Å². The van der Waals surface area contributed by atoms with Crippen LogP contribution in [0.4, 0.5) is 5.69 Å². The van der Waals surface area contributed by atoms with E-state index in [1.54, 1.807) is 0 Å². The van der Waals surface area contributed by atoms with Crippen LogP contribution >= 0.6 is 0 Å². The zero-order valence-corrected chi connectivity index (χ0v) is 15.1. The van der Waals surface area contributed by atoms with E-state index in [2.05, 4.69) is 9.97 Å². The molecular formula is C18H15N3O7. The molecule has 0 saturated heterocycles. The molecule has 3 aromatic rings. The number of carbonyl (C=O) groups is 1. The maximum atomic E-state index is 12.9. The predicted molar refractivity (Wildman–Crippen MR) is 98.5 cm³/mol. The molecule has 0 aliphatic heterocycles. The highest BCUT2D eigenvalue weighted by molar-refractivity contribution is 6.08. The van der Waals surface area contributed by atoms with E-state index in [1.165, 1.54) is 45.6 Å². The van der Waals surface area contributed by atoms with Crippen LogP contribution in [0, 0.1) is 10.1 Å². The van der Waals surface area contributed by atoms with E-state index in [0.717, 1.165) is 6.07 Å². The fourth-order valence-corrected chi connectivity index (χ4v) is 2.70. The van der Waals surface area contributed by atoms with Gasteiger partial charge in [0, 0.05) is 17.7 Å². The van der Waals surface area contributed by atoms with Crippen LogP contribution in [0.25, 0.3) is 10.9 Å². The fourth-order valence-electron chi connectivity index (χ4n) is 2.70. The van der Waals surface area contributed by atoms with Crippen molar-refractivity contribution in [3.05, 3.63) is 62.2 Å². The average Bonchev–Trinajstić information content (AvgIpc) is 2.71. The number of methoxy groups -OCH3 is 3. The zero-order chi connectivity index (χ0) is 20.4. The molecule has 10 nitrogen and oxygen atoms in total. The van der Waals surface area contributed by atoms with Crippen molar-refractivity contribution in [2.24, 2.45) is 0 Å². The van der Waals surface area contributed by atoms with Gasteiger partial charge < -0.3 is 19.2 Å². The number of nitrogens with zero attached hydrogens (tertiary/aromatic N) is 2. The third-order valence-electron chi connectivity index (χ3n) is 4.04. The number of benzene rings is 2. The molecule has 1 heterocycles. The molecule has 0 spiro atoms. The maximum absolute atomic E-state index is 12.9. The standard InChI is InChI=1S/C18H15N3O7/c1-26-13-6-9(7-14(27-2)16(13)28-3)15(22)17-19-12-8-10(21(24)25)4-5-11(12)18(23)20-17/h4-8H,1-3H3,(H,19,20,23). The number of ketones is 1. The lowest BCUT2D eigenvalue weighted by Crippen LogP contribution is -2.17. The molecule has 28 heavy (non-hydrogen) atoms. The minimum Gasteiger partial charge on any atom is -0.493 e. The van der Waals surface area contributed by atoms with Crippen LogP contribution in [0.5, 0.6) is 17.2 Å². The molecule has 1 aromatic heterocycles. The zero-order valence-electron chi connectivity index (χ0n) is 15.1. The Morgan fingerprint density at radius 1 is 1.07 bits per heavy atom. The Kier molecular flexibility index (Phi) is 4.94. The van der Waals surface area contributed by atoms with Crippen molar-refractivity contribution in [2.75, 3.05) is 21.3 Å². The van der Waals surface area contributed by atoms with Gasteiger partial charge in [-0.3, -0.25) is 19.7 Å². The van der Waals surface area contributed by atoms with E-state index >= 15 is 0 Å². The average molecular weight is 385 g/mol. The lowest BCUT2D eigenvalue weighted by atomic mass is 10.1. The summed E-state index contributed by atoms with van der Waals surface area (Å²) in [5.74, 6) is -0.0814. The van der Waals surface area contributed by atoms with E-state index in [1.807, 2.05) is 0 Å². The normalized spacial score (nSPS) is 10.5. The largest absolute Gasteiger partial charge is 0.493 e. The maximum Gasteiger partial charge on any atom is 0.271 e. The fraction of sp³-hybridized carbons (Fsp3) is 0.167. The number of aromatic nitrogens is 2. The van der Waals surface area contributed by atoms with Crippen molar-refractivity contribution in [3.63, 3.8) is 0 Å². The third kappa shape index (κ3) is 3.22. The second-order valence-electron chi connectivity index (χ2n) is 5.62. The number of ether oxygens (including phenoxy) is 3. The van der Waals surface area contributed by atoms with E-state index in [9.17, 15) is 19.7 Å². The number of nitrogens with one attached hydrogen (secondary N) is 1. The summed E-state index contributed by atoms with van der Waals surface area (Å²) >= 11 is 0. The lowest BCUT2D eigenvalue weighted by Gasteiger charge is -2.13. The van der Waals surface area contributed by atoms with Gasteiger partial charge in [0.05, 0.1) is 37.2 Å². The van der Waals surface area contributed by atoms with E-state index < -0.39 is 16.3 Å². The van der Waals surface area contributed by atoms with Crippen molar-refractivity contribution in [1.29, 1.82) is 0 Å². The molecule has 2 aromatic carbocycles. The molecule has 0 radical (unpaired) electrons. The predicted octanol–water partition coefficient (Wildman–Crippen LogP) is 2.09. The van der Waals surface area contributed by atoms with Crippen molar-refractivity contribution in [2.45, 2.75) is 0 Å². The van der Waals surface area contributed by atoms with Gasteiger partial charge in [-0.15, -0.1) is 0 Å². The molecular weight excluding hydrogens is 370 g/mol. The van der Waals surface area contributed by atoms with E-state index in [-0.39, 0.29) is 39.5 Å². The number of hydrogen-bond donors (Lipinski definition) is 1. The van der Waals surface area contributed by atoms with Crippen LogP contribution in [0.1, 0.15) is 16.2 Å². The first-order chi connectivity index (χ1) is 13.4. The van der Waals surface area contributed by atoms with E-state index in [4.69, 9.17) is 14.2 Å². The first-order valence-corrected chi connectivity index (χ1v) is 7.92. The molecule has 10 heteroatoms. The van der Waals surface area contributed by atoms with Gasteiger partial charge in [0.15, 0.2) is 17.3 Å². The highest BCUT2D eigenvalue weighted by Crippen LogP contribution is 2.38. The number of nitro benzene ring substituents is 1. The summed E-state index contributed by atoms with van der Waals surface area (Å²) in [5, 5.41) is 11.1. The van der Waals surface area contributed by atoms with Crippen molar-refractivity contribution >= 4 is 22.4 Å². The molecule has 0 aliphatic carbocycles. The second kappa shape index (κ2) is 7.35. The number of non-ortho nitro benzene ring substituents is 1. The van der Waals surface area contributed by atoms with Crippen molar-refractivity contribution in [1.82, 2.24) is 9.97 Å². The number of rotatable bonds is 6. The van der Waals surface area contributed by atoms with Crippen molar-refractivity contribution in [3.8, 4) is 17.2 Å². The summed E-state index contributed by atoms with van der Waals surface area (Å²) in [4.78, 5) is 42.0. The molecule has 1 N–H and O–H groups in total. The quantitative estimate of drug-likeness (QED) is 0.387. The summed E-state index contributed by atoms with van der Waals surface area (Å²) in [5.41, 5.74) is -0.663. The van der Waals surface area contributed by atoms with Gasteiger partial charge in [-0.1, -0.05) is 0 Å². The first-order valence-electron chi connectivity index (χ1n) is 7.92. The van der Waals surface area contributed by atoms with Gasteiger partial charge >= 0.3 is 0 Å². The Hall–Kier alpha value is -3.95. The van der Waals surface area contributed by atoms with Crippen LogP contribution in [-0.4, -0.2) is 42.0 Å². The molecule has 144 valence electrons. The van der Waals surface area contributed by atoms with Gasteiger partial charge in [-0.05, 0) is 18.2 Å². The lowest BCUT2D eigenvalue weighted by molar-refractivity contribution is -0.384. The Balaban J connectivity index is 2.15. The molecule has 0 aliphatic rings. The minimum atomic E-state index is -0.621. The first kappa shape index (κ1) is 18.8. The molecule has 0 fully saturated rings. The molecule has 0 atom stereocenters. The SMILES string of the molecule is COc1cc(C(=O)c2nc3cc([N+](=O)[O-])ccc3c(=O)[nH]2)cc(OC)c1OC. The Labute approximate surface area is 157 Å². The Morgan fingerprint density at radius 3 is 2.25 bits per heavy atom. The monoisotopic (exact) mass is 385 g/mol. The van der Waals surface area contributed by atoms with Crippen LogP contribution in [0.3, 0.4) is 0 Å². The molecule has 3 rings (SSSR count). The van der Waals surface area contributed by atoms with Crippen LogP contribution < -0.4 is 19.8 Å². The van der Waals surface area contributed by atoms with Gasteiger partial charge in [0.2, 0.25) is 11.5 Å². The summed E-state index contributed by atoms with van der Waals surface area (Å²) < 4.78 is 15.6. The smallest absolute Gasteiger partial charge is 0.271 e. The molecule has 0 unspecified atom stereocenters. The number of nitro groups is 1. The number of hydrogen-bond acceptors (Lipinski definition) is 8. The molecule has 0 amide bonds. The number of carbonyl (C=O) groups excluding carboxylic acids is 1. The summed E-state index contributed by atoms with van der Waals surface area (Å²) in [6, 6.07) is 6.45. The van der Waals surface area contributed by atoms with Gasteiger partial charge in [-0.25, -0.2) is 4.98 Å². The second-order valence-corrected chi connectivity index (χ2v) is 5.62. The van der Waals surface area contributed by atoms with Crippen molar-refractivity contribution < 1.29 is 23.9 Å². The molecule has 0 saturated carbocycles. The Bertz CT molecular complexity index is 1130. The summed E-state index contributed by atoms with van der Waals surface area (Å²) in [6.45, 7) is 0. The van der Waals surface area contributed by atoms with Gasteiger partial charge in [-0.2, -0.15) is 0 Å². The molecule has 0 bridgehead atoms. The van der Waals surface area contributed by atoms with Crippen LogP contribution in [0.15, 0.2) is 35.1 Å². The Morgan fingerprint density at radius 2 is 1.71 bits per heavy atom. The van der Waals surface area contributed by atoms with Gasteiger partial charge in [0.1, 0.15) is 0 Å². The van der Waals surface area contributed by atoms with E-state index in [0.29, 0.717) is 5.75 Å². The van der Waals surface area contributed by atoms with Gasteiger partial charge in [0.25, 0.3) is 11.2 Å². The van der Waals surface area contributed by atoms with Crippen LogP contribution in [-0.2, 0) is 0 Å². The highest BCUT2D eigenvalue weighted by atomic mass is 16.6.